The second kappa shape index (κ2) is 5.09. The number of rotatable bonds is 3. The summed E-state index contributed by atoms with van der Waals surface area (Å²) in [6, 6.07) is 0. The quantitative estimate of drug-likeness (QED) is 0.484. The SMILES string of the molecule is C#CC(C/C=C(/C)C(C)C)C(F)(F)F. The third-order valence-electron chi connectivity index (χ3n) is 2.18. The summed E-state index contributed by atoms with van der Waals surface area (Å²) in [6.07, 6.45) is 1.98. The minimum atomic E-state index is -4.29. The van der Waals surface area contributed by atoms with Crippen molar-refractivity contribution in [1.82, 2.24) is 0 Å². The Labute approximate surface area is 83.2 Å². The molecule has 0 aromatic rings. The third kappa shape index (κ3) is 4.36. The third-order valence-corrected chi connectivity index (χ3v) is 2.18. The number of hydrogen-bond acceptors (Lipinski definition) is 0. The zero-order valence-electron chi connectivity index (χ0n) is 8.65. The van der Waals surface area contributed by atoms with E-state index in [0.717, 1.165) is 5.57 Å². The molecule has 0 aliphatic heterocycles. The fourth-order valence-corrected chi connectivity index (χ4v) is 0.836. The van der Waals surface area contributed by atoms with Crippen LogP contribution in [0.5, 0.6) is 0 Å². The molecule has 14 heavy (non-hydrogen) atoms. The van der Waals surface area contributed by atoms with Crippen LogP contribution in [0, 0.1) is 24.2 Å². The van der Waals surface area contributed by atoms with Gasteiger partial charge in [0.15, 0.2) is 0 Å². The maximum Gasteiger partial charge on any atom is 0.402 e. The normalized spacial score (nSPS) is 15.4. The largest absolute Gasteiger partial charge is 0.402 e. The first-order chi connectivity index (χ1) is 6.29. The van der Waals surface area contributed by atoms with E-state index in [1.165, 1.54) is 0 Å². The Kier molecular flexibility index (Phi) is 4.76. The maximum absolute atomic E-state index is 12.2. The highest BCUT2D eigenvalue weighted by Crippen LogP contribution is 2.29. The fourth-order valence-electron chi connectivity index (χ4n) is 0.836. The minimum absolute atomic E-state index is 0.121. The summed E-state index contributed by atoms with van der Waals surface area (Å²) < 4.78 is 36.6. The van der Waals surface area contributed by atoms with Gasteiger partial charge in [-0.15, -0.1) is 6.42 Å². The lowest BCUT2D eigenvalue weighted by atomic mass is 9.99. The molecular weight excluding hydrogens is 189 g/mol. The molecule has 1 unspecified atom stereocenters. The van der Waals surface area contributed by atoms with Gasteiger partial charge in [0, 0.05) is 0 Å². The van der Waals surface area contributed by atoms with E-state index in [1.54, 1.807) is 12.0 Å². The topological polar surface area (TPSA) is 0 Å². The van der Waals surface area contributed by atoms with Gasteiger partial charge in [-0.2, -0.15) is 13.2 Å². The Balaban J connectivity index is 4.39. The molecule has 0 saturated heterocycles. The van der Waals surface area contributed by atoms with Gasteiger partial charge in [0.1, 0.15) is 5.92 Å². The summed E-state index contributed by atoms with van der Waals surface area (Å²) in [5, 5.41) is 0. The molecule has 0 heterocycles. The minimum Gasteiger partial charge on any atom is -0.170 e. The van der Waals surface area contributed by atoms with Gasteiger partial charge in [-0.1, -0.05) is 31.4 Å². The molecule has 0 nitrogen and oxygen atoms in total. The molecule has 0 rings (SSSR count). The van der Waals surface area contributed by atoms with E-state index >= 15 is 0 Å². The zero-order valence-corrected chi connectivity index (χ0v) is 8.65. The van der Waals surface area contributed by atoms with Gasteiger partial charge >= 0.3 is 6.18 Å². The zero-order chi connectivity index (χ0) is 11.4. The van der Waals surface area contributed by atoms with Crippen LogP contribution in [0.15, 0.2) is 11.6 Å². The van der Waals surface area contributed by atoms with Crippen LogP contribution < -0.4 is 0 Å². The summed E-state index contributed by atoms with van der Waals surface area (Å²) in [5.74, 6) is 0.376. The maximum atomic E-state index is 12.2. The molecule has 0 amide bonds. The van der Waals surface area contributed by atoms with Crippen molar-refractivity contribution in [2.75, 3.05) is 0 Å². The van der Waals surface area contributed by atoms with Crippen LogP contribution in [-0.4, -0.2) is 6.18 Å². The van der Waals surface area contributed by atoms with Crippen molar-refractivity contribution in [3.63, 3.8) is 0 Å². The smallest absolute Gasteiger partial charge is 0.170 e. The predicted molar refractivity (Wildman–Crippen MR) is 51.6 cm³/mol. The number of alkyl halides is 3. The van der Waals surface area contributed by atoms with Crippen molar-refractivity contribution in [3.05, 3.63) is 11.6 Å². The van der Waals surface area contributed by atoms with Gasteiger partial charge in [0.05, 0.1) is 0 Å². The first-order valence-corrected chi connectivity index (χ1v) is 4.48. The molecule has 3 heteroatoms. The molecule has 0 aromatic carbocycles. The van der Waals surface area contributed by atoms with E-state index in [9.17, 15) is 13.2 Å². The van der Waals surface area contributed by atoms with E-state index in [1.807, 2.05) is 20.8 Å². The molecule has 0 fully saturated rings. The van der Waals surface area contributed by atoms with Crippen LogP contribution in [-0.2, 0) is 0 Å². The molecule has 0 radical (unpaired) electrons. The van der Waals surface area contributed by atoms with Crippen LogP contribution in [0.2, 0.25) is 0 Å². The van der Waals surface area contributed by atoms with Crippen molar-refractivity contribution in [2.24, 2.45) is 11.8 Å². The highest BCUT2D eigenvalue weighted by Gasteiger charge is 2.37. The van der Waals surface area contributed by atoms with E-state index < -0.39 is 12.1 Å². The molecule has 0 bridgehead atoms. The monoisotopic (exact) mass is 204 g/mol. The molecular formula is C11H15F3. The summed E-state index contributed by atoms with van der Waals surface area (Å²) >= 11 is 0. The van der Waals surface area contributed by atoms with E-state index in [0.29, 0.717) is 0 Å². The lowest BCUT2D eigenvalue weighted by Crippen LogP contribution is -2.20. The molecule has 0 spiro atoms. The Bertz CT molecular complexity index is 240. The van der Waals surface area contributed by atoms with Crippen molar-refractivity contribution in [1.29, 1.82) is 0 Å². The second-order valence-electron chi connectivity index (χ2n) is 3.60. The molecule has 1 atom stereocenters. The van der Waals surface area contributed by atoms with Crippen molar-refractivity contribution in [3.8, 4) is 12.3 Å². The van der Waals surface area contributed by atoms with Gasteiger partial charge in [0.2, 0.25) is 0 Å². The second-order valence-corrected chi connectivity index (χ2v) is 3.60. The average Bonchev–Trinajstić information content (AvgIpc) is 2.02. The van der Waals surface area contributed by atoms with Gasteiger partial charge < -0.3 is 0 Å². The Hall–Kier alpha value is -0.910. The summed E-state index contributed by atoms with van der Waals surface area (Å²) in [4.78, 5) is 0. The molecule has 0 aromatic heterocycles. The van der Waals surface area contributed by atoms with E-state index in [-0.39, 0.29) is 12.3 Å². The lowest BCUT2D eigenvalue weighted by molar-refractivity contribution is -0.157. The van der Waals surface area contributed by atoms with Gasteiger partial charge in [-0.3, -0.25) is 0 Å². The Morgan fingerprint density at radius 1 is 1.43 bits per heavy atom. The van der Waals surface area contributed by atoms with Gasteiger partial charge in [-0.25, -0.2) is 0 Å². The van der Waals surface area contributed by atoms with Crippen LogP contribution in [0.1, 0.15) is 27.2 Å². The Morgan fingerprint density at radius 3 is 2.21 bits per heavy atom. The predicted octanol–water partition coefficient (Wildman–Crippen LogP) is 3.79. The van der Waals surface area contributed by atoms with Crippen LogP contribution in [0.25, 0.3) is 0 Å². The fraction of sp³-hybridized carbons (Fsp3) is 0.636. The Morgan fingerprint density at radius 2 is 1.93 bits per heavy atom. The molecule has 0 saturated carbocycles. The lowest BCUT2D eigenvalue weighted by Gasteiger charge is -2.13. The first-order valence-electron chi connectivity index (χ1n) is 4.48. The van der Waals surface area contributed by atoms with Gasteiger partial charge in [0.25, 0.3) is 0 Å². The molecule has 80 valence electrons. The van der Waals surface area contributed by atoms with E-state index in [4.69, 9.17) is 6.42 Å². The summed E-state index contributed by atoms with van der Waals surface area (Å²) in [6.45, 7) is 5.68. The van der Waals surface area contributed by atoms with Crippen LogP contribution in [0.4, 0.5) is 13.2 Å². The van der Waals surface area contributed by atoms with Crippen molar-refractivity contribution < 1.29 is 13.2 Å². The molecule has 0 N–H and O–H groups in total. The number of hydrogen-bond donors (Lipinski definition) is 0. The van der Waals surface area contributed by atoms with Crippen molar-refractivity contribution in [2.45, 2.75) is 33.4 Å². The molecule has 0 aliphatic carbocycles. The number of terminal acetylenes is 1. The van der Waals surface area contributed by atoms with Gasteiger partial charge in [-0.05, 0) is 19.3 Å². The highest BCUT2D eigenvalue weighted by atomic mass is 19.4. The van der Waals surface area contributed by atoms with Crippen LogP contribution >= 0.6 is 0 Å². The van der Waals surface area contributed by atoms with E-state index in [2.05, 4.69) is 0 Å². The molecule has 0 aliphatic rings. The van der Waals surface area contributed by atoms with Crippen molar-refractivity contribution >= 4 is 0 Å². The standard InChI is InChI=1S/C11H15F3/c1-5-10(11(12,13)14)7-6-9(4)8(2)3/h1,6,8,10H,7H2,2-4H3/b9-6-. The van der Waals surface area contributed by atoms with Crippen LogP contribution in [0.3, 0.4) is 0 Å². The highest BCUT2D eigenvalue weighted by molar-refractivity contribution is 5.06. The average molecular weight is 204 g/mol. The number of halogens is 3. The first kappa shape index (κ1) is 13.1. The summed E-state index contributed by atoms with van der Waals surface area (Å²) in [7, 11) is 0. The number of allylic oxidation sites excluding steroid dienone is 2. The summed E-state index contributed by atoms with van der Waals surface area (Å²) in [5.41, 5.74) is 0.939.